The number of carboxylic acids is 1. The van der Waals surface area contributed by atoms with Gasteiger partial charge in [0.1, 0.15) is 0 Å². The molecule has 0 atom stereocenters. The average molecular weight is 160 g/mol. The van der Waals surface area contributed by atoms with E-state index in [1.807, 2.05) is 0 Å². The van der Waals surface area contributed by atoms with Gasteiger partial charge in [0.15, 0.2) is 0 Å². The van der Waals surface area contributed by atoms with E-state index >= 15 is 0 Å². The molecular weight excluding hydrogens is 154 g/mol. The normalized spacial score (nSPS) is 5.78. The van der Waals surface area contributed by atoms with Crippen LogP contribution >= 0.6 is 0 Å². The predicted octanol–water partition coefficient (Wildman–Crippen LogP) is -5.59. The fourth-order valence-electron chi connectivity index (χ4n) is 0. The van der Waals surface area contributed by atoms with Crippen LogP contribution < -0.4 is 56.4 Å². The minimum absolute atomic E-state index is 0. The van der Waals surface area contributed by atoms with Crippen LogP contribution in [0.5, 0.6) is 0 Å². The van der Waals surface area contributed by atoms with Gasteiger partial charge in [-0.15, -0.1) is 0 Å². The largest absolute Gasteiger partial charge is 1.00 e. The van der Waals surface area contributed by atoms with Gasteiger partial charge in [-0.1, -0.05) is 0 Å². The Morgan fingerprint density at radius 2 is 1.56 bits per heavy atom. The molecule has 0 heterocycles. The van der Waals surface area contributed by atoms with Crippen molar-refractivity contribution in [3.63, 3.8) is 0 Å². The van der Waals surface area contributed by atoms with Crippen LogP contribution in [-0.2, 0) is 4.79 Å². The Morgan fingerprint density at radius 1 is 1.56 bits per heavy atom. The molecule has 0 rings (SSSR count). The maximum absolute atomic E-state index is 9.00. The molecule has 0 aromatic carbocycles. The van der Waals surface area contributed by atoms with Crippen LogP contribution in [0.1, 0.15) is 6.92 Å². The third kappa shape index (κ3) is 407. The molecule has 0 spiro atoms. The first-order valence-electron chi connectivity index (χ1n) is 1.68. The second-order valence-electron chi connectivity index (χ2n) is 0.845. The second kappa shape index (κ2) is 11.8. The van der Waals surface area contributed by atoms with Crippen LogP contribution in [0.15, 0.2) is 0 Å². The van der Waals surface area contributed by atoms with Gasteiger partial charge in [0.05, 0.1) is 0 Å². The number of hydrogen-bond donors (Lipinski definition) is 3. The number of carboxylic acid groups (broad SMARTS) is 1. The summed E-state index contributed by atoms with van der Waals surface area (Å²) in [6, 6.07) is 0. The molecule has 0 saturated carbocycles. The van der Waals surface area contributed by atoms with Gasteiger partial charge in [0, 0.05) is 6.92 Å². The monoisotopic (exact) mass is 160 g/mol. The minimum Gasteiger partial charge on any atom is -0.832 e. The van der Waals surface area contributed by atoms with Crippen LogP contribution in [-0.4, -0.2) is 28.4 Å². The average Bonchev–Trinajstić information content (AvgIpc) is 1.25. The molecule has 0 fully saturated rings. The molecule has 0 aliphatic carbocycles. The molecule has 0 aliphatic rings. The molecule has 0 saturated heterocycles. The molecule has 0 aliphatic heterocycles. The van der Waals surface area contributed by atoms with Crippen molar-refractivity contribution in [2.75, 3.05) is 0 Å². The van der Waals surface area contributed by atoms with E-state index in [-0.39, 0.29) is 51.4 Å². The molecule has 48 valence electrons. The van der Waals surface area contributed by atoms with E-state index in [1.54, 1.807) is 0 Å². The van der Waals surface area contributed by atoms with Crippen LogP contribution in [0.3, 0.4) is 0 Å². The van der Waals surface area contributed by atoms with Crippen molar-refractivity contribution in [2.45, 2.75) is 6.92 Å². The van der Waals surface area contributed by atoms with E-state index < -0.39 is 13.3 Å². The summed E-state index contributed by atoms with van der Waals surface area (Å²) >= 11 is 0. The van der Waals surface area contributed by atoms with Crippen LogP contribution in [0.4, 0.5) is 0 Å². The van der Waals surface area contributed by atoms with Crippen molar-refractivity contribution in [3.05, 3.63) is 0 Å². The summed E-state index contributed by atoms with van der Waals surface area (Å²) in [4.78, 5) is 9.00. The first-order chi connectivity index (χ1) is 3.46. The number of hydrogen-bond acceptors (Lipinski definition) is 4. The molecule has 0 aromatic rings. The molecule has 7 heteroatoms. The first kappa shape index (κ1) is 16.6. The zero-order chi connectivity index (χ0) is 7.15. The molecule has 0 radical (unpaired) electrons. The minimum atomic E-state index is -2.42. The van der Waals surface area contributed by atoms with Crippen LogP contribution in [0.25, 0.3) is 0 Å². The summed E-state index contributed by atoms with van der Waals surface area (Å²) in [5.41, 5.74) is 0. The van der Waals surface area contributed by atoms with Crippen molar-refractivity contribution in [3.8, 4) is 0 Å². The first-order valence-corrected chi connectivity index (χ1v) is 1.68. The van der Waals surface area contributed by atoms with Crippen molar-refractivity contribution in [1.29, 1.82) is 0 Å². The molecule has 5 nitrogen and oxygen atoms in total. The van der Waals surface area contributed by atoms with Gasteiger partial charge < -0.3 is 20.2 Å². The number of carbonyl (C=O) groups is 1. The van der Waals surface area contributed by atoms with Crippen LogP contribution in [0.2, 0.25) is 0 Å². The Hall–Kier alpha value is 1.05. The summed E-state index contributed by atoms with van der Waals surface area (Å²) in [6.07, 6.45) is 0. The Kier molecular flexibility index (Phi) is 21.7. The summed E-state index contributed by atoms with van der Waals surface area (Å²) in [5, 5.41) is 30.2. The fraction of sp³-hybridized carbons (Fsp3) is 0.500. The van der Waals surface area contributed by atoms with Crippen molar-refractivity contribution >= 4 is 13.3 Å². The van der Waals surface area contributed by atoms with Crippen molar-refractivity contribution < 1.29 is 76.4 Å². The molecule has 0 amide bonds. The summed E-state index contributed by atoms with van der Waals surface area (Å²) in [5.74, 6) is -0.833. The van der Waals surface area contributed by atoms with Gasteiger partial charge in [-0.05, 0) is 0 Å². The van der Waals surface area contributed by atoms with E-state index in [4.69, 9.17) is 25.0 Å². The standard InChI is InChI=1S/C2H4O2.BH2O3.K/c1-2(3)4;2-1(3)4;/h1H3,(H,3,4);2-3H;/q;-1;+1. The van der Waals surface area contributed by atoms with E-state index in [0.29, 0.717) is 0 Å². The number of aliphatic carboxylic acids is 1. The Labute approximate surface area is 95.3 Å². The van der Waals surface area contributed by atoms with E-state index in [9.17, 15) is 0 Å². The third-order valence-electron chi connectivity index (χ3n) is 0. The zero-order valence-electron chi connectivity index (χ0n) is 5.24. The maximum Gasteiger partial charge on any atom is 1.00 e. The maximum atomic E-state index is 9.00. The van der Waals surface area contributed by atoms with Crippen LogP contribution in [0, 0.1) is 0 Å². The summed E-state index contributed by atoms with van der Waals surface area (Å²) < 4.78 is 0. The fourth-order valence-corrected chi connectivity index (χ4v) is 0. The van der Waals surface area contributed by atoms with Gasteiger partial charge in [0.25, 0.3) is 5.97 Å². The van der Waals surface area contributed by atoms with Gasteiger partial charge >= 0.3 is 58.7 Å². The molecule has 0 bridgehead atoms. The van der Waals surface area contributed by atoms with E-state index in [1.165, 1.54) is 0 Å². The SMILES string of the molecule is CC(=O)O.[K+].[O-]B(O)O. The smallest absolute Gasteiger partial charge is 0.832 e. The van der Waals surface area contributed by atoms with Gasteiger partial charge in [-0.3, -0.25) is 4.79 Å². The van der Waals surface area contributed by atoms with Crippen molar-refractivity contribution in [2.24, 2.45) is 0 Å². The summed E-state index contributed by atoms with van der Waals surface area (Å²) in [6.45, 7) is 1.08. The topological polar surface area (TPSA) is 101 Å². The predicted molar refractivity (Wildman–Crippen MR) is 23.5 cm³/mol. The van der Waals surface area contributed by atoms with Gasteiger partial charge in [-0.25, -0.2) is 0 Å². The zero-order valence-corrected chi connectivity index (χ0v) is 8.36. The van der Waals surface area contributed by atoms with Gasteiger partial charge in [-0.2, -0.15) is 0 Å². The Balaban J connectivity index is -0.0000000720. The Bertz CT molecular complexity index is 59.2. The van der Waals surface area contributed by atoms with E-state index in [0.717, 1.165) is 6.92 Å². The quantitative estimate of drug-likeness (QED) is 0.307. The Morgan fingerprint density at radius 3 is 1.56 bits per heavy atom. The van der Waals surface area contributed by atoms with Gasteiger partial charge in [0.2, 0.25) is 0 Å². The van der Waals surface area contributed by atoms with E-state index in [2.05, 4.69) is 0 Å². The summed E-state index contributed by atoms with van der Waals surface area (Å²) in [7, 11) is -2.42. The number of rotatable bonds is 0. The third-order valence-corrected chi connectivity index (χ3v) is 0. The van der Waals surface area contributed by atoms with Crippen molar-refractivity contribution in [1.82, 2.24) is 0 Å². The second-order valence-corrected chi connectivity index (χ2v) is 0.845. The molecule has 3 N–H and O–H groups in total. The molecular formula is C2H6BKO5. The molecule has 0 aromatic heterocycles. The molecule has 0 unspecified atom stereocenters. The molecule has 9 heavy (non-hydrogen) atoms.